The van der Waals surface area contributed by atoms with Gasteiger partial charge in [0, 0.05) is 24.7 Å². The van der Waals surface area contributed by atoms with Gasteiger partial charge in [0.1, 0.15) is 11.3 Å². The van der Waals surface area contributed by atoms with Gasteiger partial charge in [0.25, 0.3) is 5.91 Å². The van der Waals surface area contributed by atoms with E-state index in [0.717, 1.165) is 12.1 Å². The van der Waals surface area contributed by atoms with Crippen molar-refractivity contribution in [3.05, 3.63) is 24.3 Å². The van der Waals surface area contributed by atoms with Gasteiger partial charge in [-0.15, -0.1) is 0 Å². The number of nitrogens with zero attached hydrogens (tertiary/aromatic N) is 2. The molecule has 1 heterocycles. The van der Waals surface area contributed by atoms with Crippen LogP contribution < -0.4 is 15.0 Å². The highest BCUT2D eigenvalue weighted by molar-refractivity contribution is 5.95. The molecule has 1 aromatic carbocycles. The third kappa shape index (κ3) is 4.05. The van der Waals surface area contributed by atoms with Crippen LogP contribution >= 0.6 is 0 Å². The predicted octanol–water partition coefficient (Wildman–Crippen LogP) is 2.25. The van der Waals surface area contributed by atoms with Gasteiger partial charge < -0.3 is 15.0 Å². The molecule has 1 aromatic rings. The first-order valence-corrected chi connectivity index (χ1v) is 8.11. The second-order valence-electron chi connectivity index (χ2n) is 6.45. The first-order valence-electron chi connectivity index (χ1n) is 8.11. The topological polar surface area (TPSA) is 82.4 Å². The number of carbonyl (C=O) groups is 2. The summed E-state index contributed by atoms with van der Waals surface area (Å²) in [4.78, 5) is 25.6. The molecule has 0 spiro atoms. The summed E-state index contributed by atoms with van der Waals surface area (Å²) in [5.74, 6) is 0.253. The number of hydrogen-bond acceptors (Lipinski definition) is 4. The number of ether oxygens (including phenoxy) is 1. The second-order valence-corrected chi connectivity index (χ2v) is 6.45. The van der Waals surface area contributed by atoms with Crippen molar-refractivity contribution in [1.82, 2.24) is 5.32 Å². The fourth-order valence-corrected chi connectivity index (χ4v) is 2.44. The molecule has 2 rings (SSSR count). The molecule has 6 nitrogen and oxygen atoms in total. The zero-order valence-electron chi connectivity index (χ0n) is 14.3. The summed E-state index contributed by atoms with van der Waals surface area (Å²) >= 11 is 0. The summed E-state index contributed by atoms with van der Waals surface area (Å²) in [6, 6.07) is 9.26. The lowest BCUT2D eigenvalue weighted by molar-refractivity contribution is -0.124. The van der Waals surface area contributed by atoms with E-state index in [1.54, 1.807) is 30.0 Å². The van der Waals surface area contributed by atoms with Gasteiger partial charge in [-0.3, -0.25) is 9.59 Å². The number of nitrogens with one attached hydrogen (secondary N) is 1. The minimum absolute atomic E-state index is 0.0176. The van der Waals surface area contributed by atoms with E-state index in [-0.39, 0.29) is 24.3 Å². The van der Waals surface area contributed by atoms with Crippen molar-refractivity contribution in [2.75, 3.05) is 18.1 Å². The van der Waals surface area contributed by atoms with E-state index in [4.69, 9.17) is 4.74 Å². The molecule has 0 saturated carbocycles. The average Bonchev–Trinajstić information content (AvgIpc) is 2.99. The van der Waals surface area contributed by atoms with Crippen LogP contribution in [0.4, 0.5) is 5.69 Å². The summed E-state index contributed by atoms with van der Waals surface area (Å²) in [6.45, 7) is 5.97. The quantitative estimate of drug-likeness (QED) is 0.868. The maximum absolute atomic E-state index is 12.0. The number of amides is 2. The molecule has 0 unspecified atom stereocenters. The molecule has 2 amide bonds. The van der Waals surface area contributed by atoms with Crippen LogP contribution in [0.25, 0.3) is 0 Å². The zero-order valence-corrected chi connectivity index (χ0v) is 14.3. The Kier molecular flexibility index (Phi) is 5.45. The fourth-order valence-electron chi connectivity index (χ4n) is 2.44. The van der Waals surface area contributed by atoms with E-state index in [9.17, 15) is 14.9 Å². The Morgan fingerprint density at radius 3 is 2.83 bits per heavy atom. The lowest BCUT2D eigenvalue weighted by atomic mass is 9.90. The molecule has 1 atom stereocenters. The molecule has 24 heavy (non-hydrogen) atoms. The van der Waals surface area contributed by atoms with Crippen molar-refractivity contribution in [3.8, 4) is 11.8 Å². The van der Waals surface area contributed by atoms with Crippen molar-refractivity contribution >= 4 is 17.5 Å². The normalized spacial score (nSPS) is 16.6. The van der Waals surface area contributed by atoms with Gasteiger partial charge in [0.15, 0.2) is 6.61 Å². The highest BCUT2D eigenvalue weighted by Crippen LogP contribution is 2.25. The van der Waals surface area contributed by atoms with Gasteiger partial charge in [-0.25, -0.2) is 0 Å². The lowest BCUT2D eigenvalue weighted by Crippen LogP contribution is -2.50. The molecule has 6 heteroatoms. The minimum atomic E-state index is -0.926. The first kappa shape index (κ1) is 17.8. The summed E-state index contributed by atoms with van der Waals surface area (Å²) in [7, 11) is 0. The molecule has 1 aliphatic rings. The Bertz CT molecular complexity index is 666. The van der Waals surface area contributed by atoms with Gasteiger partial charge in [0.05, 0.1) is 6.07 Å². The van der Waals surface area contributed by atoms with E-state index < -0.39 is 5.54 Å². The summed E-state index contributed by atoms with van der Waals surface area (Å²) < 4.78 is 5.51. The highest BCUT2D eigenvalue weighted by atomic mass is 16.5. The molecular weight excluding hydrogens is 306 g/mol. The monoisotopic (exact) mass is 329 g/mol. The van der Waals surface area contributed by atoms with Gasteiger partial charge in [0.2, 0.25) is 5.91 Å². The van der Waals surface area contributed by atoms with Crippen molar-refractivity contribution in [2.45, 2.75) is 39.2 Å². The molecule has 0 bridgehead atoms. The molecule has 0 aromatic heterocycles. The molecule has 0 aliphatic carbocycles. The van der Waals surface area contributed by atoms with Crippen LogP contribution in [0.2, 0.25) is 0 Å². The average molecular weight is 329 g/mol. The van der Waals surface area contributed by atoms with Gasteiger partial charge in [-0.05, 0) is 31.4 Å². The highest BCUT2D eigenvalue weighted by Gasteiger charge is 2.30. The molecule has 1 N–H and O–H groups in total. The number of hydrogen-bond donors (Lipinski definition) is 1. The van der Waals surface area contributed by atoms with Gasteiger partial charge in [-0.1, -0.05) is 19.9 Å². The summed E-state index contributed by atoms with van der Waals surface area (Å²) in [5.41, 5.74) is -0.149. The van der Waals surface area contributed by atoms with Crippen LogP contribution in [-0.2, 0) is 9.59 Å². The number of benzene rings is 1. The Morgan fingerprint density at radius 1 is 1.50 bits per heavy atom. The third-order valence-corrected chi connectivity index (χ3v) is 4.36. The number of nitriles is 1. The van der Waals surface area contributed by atoms with E-state index in [1.165, 1.54) is 0 Å². The Labute approximate surface area is 142 Å². The van der Waals surface area contributed by atoms with E-state index in [1.807, 2.05) is 19.9 Å². The van der Waals surface area contributed by atoms with E-state index >= 15 is 0 Å². The minimum Gasteiger partial charge on any atom is -0.484 e. The number of carbonyl (C=O) groups excluding carboxylic acids is 2. The van der Waals surface area contributed by atoms with Crippen molar-refractivity contribution in [1.29, 1.82) is 5.26 Å². The maximum atomic E-state index is 12.0. The Morgan fingerprint density at radius 2 is 2.25 bits per heavy atom. The number of rotatable bonds is 6. The van der Waals surface area contributed by atoms with E-state index in [0.29, 0.717) is 18.7 Å². The molecule has 1 saturated heterocycles. The molecule has 1 aliphatic heterocycles. The fraction of sp³-hybridized carbons (Fsp3) is 0.500. The van der Waals surface area contributed by atoms with Crippen molar-refractivity contribution in [3.63, 3.8) is 0 Å². The van der Waals surface area contributed by atoms with Crippen molar-refractivity contribution < 1.29 is 14.3 Å². The second kappa shape index (κ2) is 7.35. The summed E-state index contributed by atoms with van der Waals surface area (Å²) in [5, 5.41) is 11.9. The van der Waals surface area contributed by atoms with Crippen molar-refractivity contribution in [2.24, 2.45) is 5.92 Å². The van der Waals surface area contributed by atoms with Gasteiger partial charge >= 0.3 is 0 Å². The van der Waals surface area contributed by atoms with E-state index in [2.05, 4.69) is 11.4 Å². The SMILES string of the molecule is CC(C)[C@](C)(C#N)NC(=O)COc1cccc(N2CCCC2=O)c1. The molecular formula is C18H23N3O3. The van der Waals surface area contributed by atoms with Crippen LogP contribution in [0.5, 0.6) is 5.75 Å². The Hall–Kier alpha value is -2.55. The standard InChI is InChI=1S/C18H23N3O3/c1-13(2)18(3,12-19)20-16(22)11-24-15-7-4-6-14(10-15)21-9-5-8-17(21)23/h4,6-7,10,13H,5,8-9,11H2,1-3H3,(H,20,22)/t18-/m0/s1. The molecule has 128 valence electrons. The van der Waals surface area contributed by atoms with Crippen LogP contribution in [0, 0.1) is 17.2 Å². The summed E-state index contributed by atoms with van der Waals surface area (Å²) in [6.07, 6.45) is 1.42. The lowest BCUT2D eigenvalue weighted by Gasteiger charge is -2.27. The number of anilines is 1. The smallest absolute Gasteiger partial charge is 0.259 e. The van der Waals surface area contributed by atoms with Crippen LogP contribution in [0.3, 0.4) is 0 Å². The molecule has 0 radical (unpaired) electrons. The predicted molar refractivity (Wildman–Crippen MR) is 90.5 cm³/mol. The maximum Gasteiger partial charge on any atom is 0.259 e. The van der Waals surface area contributed by atoms with Crippen LogP contribution in [0.1, 0.15) is 33.6 Å². The van der Waals surface area contributed by atoms with Crippen LogP contribution in [0.15, 0.2) is 24.3 Å². The largest absolute Gasteiger partial charge is 0.484 e. The Balaban J connectivity index is 1.96. The third-order valence-electron chi connectivity index (χ3n) is 4.36. The van der Waals surface area contributed by atoms with Crippen LogP contribution in [-0.4, -0.2) is 30.5 Å². The molecule has 1 fully saturated rings. The first-order chi connectivity index (χ1) is 11.4. The zero-order chi connectivity index (χ0) is 17.7. The van der Waals surface area contributed by atoms with Gasteiger partial charge in [-0.2, -0.15) is 5.26 Å².